The molecule has 0 spiro atoms. The molecule has 3 heterocycles. The van der Waals surface area contributed by atoms with Gasteiger partial charge in [-0.05, 0) is 26.3 Å². The van der Waals surface area contributed by atoms with Gasteiger partial charge in [-0.2, -0.15) is 0 Å². The number of nitrogens with one attached hydrogen (secondary N) is 1. The molecule has 0 aliphatic heterocycles. The number of para-hydroxylation sites is 1. The summed E-state index contributed by atoms with van der Waals surface area (Å²) < 4.78 is 11.3. The summed E-state index contributed by atoms with van der Waals surface area (Å²) >= 11 is 7.36. The maximum absolute atomic E-state index is 11.5. The lowest BCUT2D eigenvalue weighted by molar-refractivity contribution is 0.0698. The van der Waals surface area contributed by atoms with Gasteiger partial charge in [0, 0.05) is 29.6 Å². The van der Waals surface area contributed by atoms with Gasteiger partial charge in [0.15, 0.2) is 10.5 Å². The van der Waals surface area contributed by atoms with Gasteiger partial charge < -0.3 is 19.6 Å². The smallest absolute Gasteiger partial charge is 0.349 e. The van der Waals surface area contributed by atoms with E-state index in [-0.39, 0.29) is 4.88 Å². The molecular formula is C22H20ClN3O4S. The quantitative estimate of drug-likeness (QED) is 0.352. The number of hydrogen-bond acceptors (Lipinski definition) is 7. The van der Waals surface area contributed by atoms with Crippen LogP contribution in [0.5, 0.6) is 5.75 Å². The van der Waals surface area contributed by atoms with E-state index in [9.17, 15) is 9.90 Å². The maximum Gasteiger partial charge on any atom is 0.349 e. The Balaban J connectivity index is 1.50. The molecule has 7 nitrogen and oxygen atoms in total. The first-order valence-electron chi connectivity index (χ1n) is 9.70. The molecule has 4 rings (SSSR count). The highest BCUT2D eigenvalue weighted by Gasteiger charge is 2.18. The number of nitrogens with zero attached hydrogens (tertiary/aromatic N) is 2. The number of carbonyl (C=O) groups is 1. The number of halogens is 1. The molecule has 4 aromatic rings. The Morgan fingerprint density at radius 3 is 2.94 bits per heavy atom. The number of carboxylic acids is 1. The minimum atomic E-state index is -1.02. The number of aromatic carboxylic acids is 1. The summed E-state index contributed by atoms with van der Waals surface area (Å²) in [6, 6.07) is 9.23. The minimum absolute atomic E-state index is 0.158. The third-order valence-electron chi connectivity index (χ3n) is 4.76. The van der Waals surface area contributed by atoms with Crippen molar-refractivity contribution in [2.24, 2.45) is 0 Å². The number of carboxylic acid groups (broad SMARTS) is 1. The van der Waals surface area contributed by atoms with Gasteiger partial charge in [0.2, 0.25) is 0 Å². The molecule has 0 saturated heterocycles. The van der Waals surface area contributed by atoms with Gasteiger partial charge in [0.25, 0.3) is 0 Å². The molecule has 0 amide bonds. The summed E-state index contributed by atoms with van der Waals surface area (Å²) in [6.45, 7) is 4.77. The molecule has 0 unspecified atom stereocenters. The highest BCUT2D eigenvalue weighted by molar-refractivity contribution is 7.17. The van der Waals surface area contributed by atoms with Crippen LogP contribution in [0.3, 0.4) is 0 Å². The number of aryl methyl sites for hydroxylation is 1. The first-order valence-corrected chi connectivity index (χ1v) is 10.9. The Kier molecular flexibility index (Phi) is 6.11. The SMILES string of the molecule is CCOc1cc(-c2cc(NCCc3c(C)oc4c(Cl)cccc34)ncn2)sc1C(=O)O. The standard InChI is InChI=1S/C22H20ClN3O4S/c1-3-29-17-10-18(31-21(17)22(27)28)16-9-19(26-11-25-16)24-8-7-13-12(2)30-20-14(13)5-4-6-15(20)23/h4-6,9-11H,3,7-8H2,1-2H3,(H,27,28)(H,24,25,26). The van der Waals surface area contributed by atoms with E-state index in [4.69, 9.17) is 20.8 Å². The monoisotopic (exact) mass is 457 g/mol. The zero-order valence-corrected chi connectivity index (χ0v) is 18.5. The summed E-state index contributed by atoms with van der Waals surface area (Å²) in [7, 11) is 0. The zero-order chi connectivity index (χ0) is 22.0. The predicted octanol–water partition coefficient (Wildman–Crippen LogP) is 5.66. The highest BCUT2D eigenvalue weighted by atomic mass is 35.5. The fraction of sp³-hybridized carbons (Fsp3) is 0.227. The van der Waals surface area contributed by atoms with Crippen molar-refractivity contribution < 1.29 is 19.1 Å². The van der Waals surface area contributed by atoms with E-state index >= 15 is 0 Å². The molecule has 0 aliphatic rings. The van der Waals surface area contributed by atoms with Gasteiger partial charge in [-0.1, -0.05) is 23.7 Å². The zero-order valence-electron chi connectivity index (χ0n) is 16.9. The third-order valence-corrected chi connectivity index (χ3v) is 6.19. The van der Waals surface area contributed by atoms with Crippen LogP contribution < -0.4 is 10.1 Å². The van der Waals surface area contributed by atoms with Crippen molar-refractivity contribution in [1.82, 2.24) is 9.97 Å². The van der Waals surface area contributed by atoms with Crippen molar-refractivity contribution in [3.8, 4) is 16.3 Å². The van der Waals surface area contributed by atoms with Gasteiger partial charge in [0.1, 0.15) is 23.7 Å². The Bertz CT molecular complexity index is 1250. The van der Waals surface area contributed by atoms with Gasteiger partial charge in [-0.3, -0.25) is 0 Å². The van der Waals surface area contributed by atoms with Crippen LogP contribution in [0.15, 0.2) is 41.1 Å². The Morgan fingerprint density at radius 1 is 1.32 bits per heavy atom. The second kappa shape index (κ2) is 8.95. The number of thiophene rings is 1. The second-order valence-corrected chi connectivity index (χ2v) is 8.22. The van der Waals surface area contributed by atoms with Gasteiger partial charge in [-0.15, -0.1) is 11.3 Å². The van der Waals surface area contributed by atoms with Gasteiger partial charge in [-0.25, -0.2) is 14.8 Å². The van der Waals surface area contributed by atoms with Crippen LogP contribution in [-0.2, 0) is 6.42 Å². The van der Waals surface area contributed by atoms with Gasteiger partial charge >= 0.3 is 5.97 Å². The lowest BCUT2D eigenvalue weighted by atomic mass is 10.1. The Hall–Kier alpha value is -3.10. The van der Waals surface area contributed by atoms with Crippen LogP contribution in [0.25, 0.3) is 21.5 Å². The van der Waals surface area contributed by atoms with E-state index in [1.807, 2.05) is 32.0 Å². The summed E-state index contributed by atoms with van der Waals surface area (Å²) in [6.07, 6.45) is 2.19. The number of benzene rings is 1. The molecule has 0 bridgehead atoms. The molecule has 31 heavy (non-hydrogen) atoms. The molecule has 2 N–H and O–H groups in total. The van der Waals surface area contributed by atoms with Crippen molar-refractivity contribution in [1.29, 1.82) is 0 Å². The number of anilines is 1. The number of fused-ring (bicyclic) bond motifs is 1. The number of ether oxygens (including phenoxy) is 1. The molecule has 9 heteroatoms. The molecule has 0 radical (unpaired) electrons. The summed E-state index contributed by atoms with van der Waals surface area (Å²) in [5.74, 6) is 0.826. The van der Waals surface area contributed by atoms with Crippen molar-refractivity contribution >= 4 is 45.7 Å². The maximum atomic E-state index is 11.5. The average molecular weight is 458 g/mol. The molecule has 0 fully saturated rings. The lowest BCUT2D eigenvalue weighted by Crippen LogP contribution is -2.07. The largest absolute Gasteiger partial charge is 0.492 e. The van der Waals surface area contributed by atoms with Crippen molar-refractivity contribution in [2.75, 3.05) is 18.5 Å². The van der Waals surface area contributed by atoms with Crippen molar-refractivity contribution in [3.63, 3.8) is 0 Å². The topological polar surface area (TPSA) is 97.5 Å². The lowest BCUT2D eigenvalue weighted by Gasteiger charge is -2.06. The molecule has 160 valence electrons. The first kappa shape index (κ1) is 21.1. The van der Waals surface area contributed by atoms with Crippen molar-refractivity contribution in [2.45, 2.75) is 20.3 Å². The molecule has 0 aliphatic carbocycles. The van der Waals surface area contributed by atoms with Crippen LogP contribution in [0, 0.1) is 6.92 Å². The highest BCUT2D eigenvalue weighted by Crippen LogP contribution is 2.36. The fourth-order valence-electron chi connectivity index (χ4n) is 3.38. The molecule has 0 atom stereocenters. The fourth-order valence-corrected chi connectivity index (χ4v) is 4.50. The predicted molar refractivity (Wildman–Crippen MR) is 122 cm³/mol. The van der Waals surface area contributed by atoms with Gasteiger partial charge in [0.05, 0.1) is 22.2 Å². The van der Waals surface area contributed by atoms with Crippen LogP contribution >= 0.6 is 22.9 Å². The summed E-state index contributed by atoms with van der Waals surface area (Å²) in [4.78, 5) is 20.9. The van der Waals surface area contributed by atoms with E-state index in [2.05, 4.69) is 15.3 Å². The van der Waals surface area contributed by atoms with E-state index in [1.54, 1.807) is 12.1 Å². The Labute approximate surface area is 187 Å². The van der Waals surface area contributed by atoms with E-state index in [0.717, 1.165) is 34.5 Å². The van der Waals surface area contributed by atoms with Crippen LogP contribution in [0.2, 0.25) is 5.02 Å². The van der Waals surface area contributed by atoms with Crippen LogP contribution in [0.4, 0.5) is 5.82 Å². The normalized spacial score (nSPS) is 11.1. The molecular weight excluding hydrogens is 438 g/mol. The molecule has 3 aromatic heterocycles. The van der Waals surface area contributed by atoms with E-state index in [1.165, 1.54) is 6.33 Å². The molecule has 0 saturated carbocycles. The third kappa shape index (κ3) is 4.35. The van der Waals surface area contributed by atoms with Crippen LogP contribution in [-0.4, -0.2) is 34.2 Å². The van der Waals surface area contributed by atoms with Crippen LogP contribution in [0.1, 0.15) is 27.9 Å². The van der Waals surface area contributed by atoms with E-state index in [0.29, 0.717) is 45.9 Å². The first-order chi connectivity index (χ1) is 15.0. The Morgan fingerprint density at radius 2 is 2.16 bits per heavy atom. The number of aromatic nitrogens is 2. The van der Waals surface area contributed by atoms with E-state index < -0.39 is 5.97 Å². The number of rotatable bonds is 8. The second-order valence-electron chi connectivity index (χ2n) is 6.76. The summed E-state index contributed by atoms with van der Waals surface area (Å²) in [5, 5.41) is 14.3. The number of hydrogen-bond donors (Lipinski definition) is 2. The number of furan rings is 1. The average Bonchev–Trinajstić information content (AvgIpc) is 3.31. The van der Waals surface area contributed by atoms with Crippen molar-refractivity contribution in [3.05, 3.63) is 57.9 Å². The minimum Gasteiger partial charge on any atom is -0.492 e. The summed E-state index contributed by atoms with van der Waals surface area (Å²) in [5.41, 5.74) is 2.44. The molecule has 1 aromatic carbocycles.